The molecular formula is C11H14N2O. The van der Waals surface area contributed by atoms with E-state index in [9.17, 15) is 4.79 Å². The molecule has 0 aromatic heterocycles. The second-order valence-electron chi connectivity index (χ2n) is 3.89. The number of amides is 1. The van der Waals surface area contributed by atoms with Crippen LogP contribution in [-0.4, -0.2) is 5.91 Å². The molecule has 1 atom stereocenters. The lowest BCUT2D eigenvalue weighted by Gasteiger charge is -2.14. The molecule has 0 saturated carbocycles. The summed E-state index contributed by atoms with van der Waals surface area (Å²) in [6.07, 6.45) is 0.963. The van der Waals surface area contributed by atoms with Gasteiger partial charge in [0.25, 0.3) is 0 Å². The number of benzene rings is 1. The average Bonchev–Trinajstić information content (AvgIpc) is 2.38. The van der Waals surface area contributed by atoms with Gasteiger partial charge < -0.3 is 11.1 Å². The van der Waals surface area contributed by atoms with Crippen molar-refractivity contribution in [1.29, 1.82) is 0 Å². The Bertz CT molecular complexity index is 396. The van der Waals surface area contributed by atoms with Gasteiger partial charge in [-0.25, -0.2) is 0 Å². The molecule has 0 unspecified atom stereocenters. The van der Waals surface area contributed by atoms with Crippen molar-refractivity contribution in [2.75, 3.05) is 5.32 Å². The van der Waals surface area contributed by atoms with Crippen molar-refractivity contribution in [3.05, 3.63) is 29.3 Å². The lowest BCUT2D eigenvalue weighted by molar-refractivity contribution is -0.120. The highest BCUT2D eigenvalue weighted by Gasteiger charge is 2.38. The predicted molar refractivity (Wildman–Crippen MR) is 56.0 cm³/mol. The van der Waals surface area contributed by atoms with Gasteiger partial charge in [0.15, 0.2) is 0 Å². The molecule has 3 N–H and O–H groups in total. The Balaban J connectivity index is 2.54. The predicted octanol–water partition coefficient (Wildman–Crippen LogP) is 1.37. The summed E-state index contributed by atoms with van der Waals surface area (Å²) in [5.41, 5.74) is 8.00. The Hall–Kier alpha value is -1.35. The minimum absolute atomic E-state index is 0.124. The first-order chi connectivity index (χ1) is 6.55. The van der Waals surface area contributed by atoms with Gasteiger partial charge in [-0.3, -0.25) is 4.79 Å². The summed E-state index contributed by atoms with van der Waals surface area (Å²) in [5, 5.41) is 2.80. The summed E-state index contributed by atoms with van der Waals surface area (Å²) in [7, 11) is 0. The number of carbonyl (C=O) groups is 1. The summed E-state index contributed by atoms with van der Waals surface area (Å²) >= 11 is 0. The van der Waals surface area contributed by atoms with Crippen LogP contribution in [0, 0.1) is 0 Å². The number of anilines is 1. The summed E-state index contributed by atoms with van der Waals surface area (Å²) in [4.78, 5) is 11.5. The van der Waals surface area contributed by atoms with E-state index in [1.807, 2.05) is 18.2 Å². The van der Waals surface area contributed by atoms with Crippen molar-refractivity contribution < 1.29 is 4.79 Å². The van der Waals surface area contributed by atoms with Gasteiger partial charge in [-0.2, -0.15) is 0 Å². The van der Waals surface area contributed by atoms with Crippen LogP contribution >= 0.6 is 0 Å². The Morgan fingerprint density at radius 3 is 2.86 bits per heavy atom. The first kappa shape index (κ1) is 9.21. The maximum absolute atomic E-state index is 11.5. The monoisotopic (exact) mass is 190 g/mol. The molecular weight excluding hydrogens is 176 g/mol. The minimum Gasteiger partial charge on any atom is -0.324 e. The maximum atomic E-state index is 11.5. The molecule has 1 heterocycles. The molecule has 1 aromatic carbocycles. The van der Waals surface area contributed by atoms with Crippen molar-refractivity contribution in [1.82, 2.24) is 0 Å². The van der Waals surface area contributed by atoms with Gasteiger partial charge in [-0.05, 0) is 25.0 Å². The van der Waals surface area contributed by atoms with Gasteiger partial charge in [0.2, 0.25) is 5.91 Å². The third-order valence-electron chi connectivity index (χ3n) is 2.77. The number of nitrogens with two attached hydrogens (primary N) is 1. The normalized spacial score (nSPS) is 24.6. The van der Waals surface area contributed by atoms with E-state index in [0.29, 0.717) is 0 Å². The van der Waals surface area contributed by atoms with E-state index in [-0.39, 0.29) is 5.91 Å². The van der Waals surface area contributed by atoms with Crippen LogP contribution in [0.15, 0.2) is 18.2 Å². The zero-order valence-corrected chi connectivity index (χ0v) is 8.42. The van der Waals surface area contributed by atoms with E-state index in [2.05, 4.69) is 12.2 Å². The third-order valence-corrected chi connectivity index (χ3v) is 2.77. The third kappa shape index (κ3) is 1.13. The number of fused-ring (bicyclic) bond motifs is 1. The lowest BCUT2D eigenvalue weighted by atomic mass is 9.94. The average molecular weight is 190 g/mol. The molecule has 1 aromatic rings. The van der Waals surface area contributed by atoms with Crippen LogP contribution in [0.3, 0.4) is 0 Å². The molecule has 3 nitrogen and oxygen atoms in total. The van der Waals surface area contributed by atoms with E-state index in [4.69, 9.17) is 5.73 Å². The van der Waals surface area contributed by atoms with Gasteiger partial charge in [-0.15, -0.1) is 0 Å². The minimum atomic E-state index is -0.873. The number of hydrogen-bond acceptors (Lipinski definition) is 2. The van der Waals surface area contributed by atoms with Gasteiger partial charge >= 0.3 is 0 Å². The fraction of sp³-hybridized carbons (Fsp3) is 0.364. The van der Waals surface area contributed by atoms with Crippen LogP contribution in [0.4, 0.5) is 5.69 Å². The van der Waals surface area contributed by atoms with Gasteiger partial charge in [0.1, 0.15) is 5.54 Å². The van der Waals surface area contributed by atoms with Crippen molar-refractivity contribution in [3.63, 3.8) is 0 Å². The number of rotatable bonds is 1. The quantitative estimate of drug-likeness (QED) is 0.702. The molecule has 0 bridgehead atoms. The molecule has 3 heteroatoms. The SMILES string of the molecule is CCc1ccc2c(c1)NC(=O)[C@@]2(C)N. The van der Waals surface area contributed by atoms with Crippen LogP contribution in [0.1, 0.15) is 25.0 Å². The Morgan fingerprint density at radius 2 is 2.21 bits per heavy atom. The van der Waals surface area contributed by atoms with Crippen molar-refractivity contribution >= 4 is 11.6 Å². The highest BCUT2D eigenvalue weighted by atomic mass is 16.2. The fourth-order valence-corrected chi connectivity index (χ4v) is 1.74. The molecule has 0 radical (unpaired) electrons. The lowest BCUT2D eigenvalue weighted by Crippen LogP contribution is -2.40. The second kappa shape index (κ2) is 2.82. The van der Waals surface area contributed by atoms with Crippen molar-refractivity contribution in [2.45, 2.75) is 25.8 Å². The molecule has 0 spiro atoms. The molecule has 14 heavy (non-hydrogen) atoms. The van der Waals surface area contributed by atoms with E-state index in [1.54, 1.807) is 6.92 Å². The molecule has 0 saturated heterocycles. The topological polar surface area (TPSA) is 55.1 Å². The van der Waals surface area contributed by atoms with Gasteiger partial charge in [-0.1, -0.05) is 19.1 Å². The molecule has 0 fully saturated rings. The van der Waals surface area contributed by atoms with Crippen LogP contribution < -0.4 is 11.1 Å². The summed E-state index contributed by atoms with van der Waals surface area (Å²) in [6, 6.07) is 5.95. The fourth-order valence-electron chi connectivity index (χ4n) is 1.74. The largest absolute Gasteiger partial charge is 0.324 e. The first-order valence-electron chi connectivity index (χ1n) is 4.79. The Morgan fingerprint density at radius 1 is 1.50 bits per heavy atom. The smallest absolute Gasteiger partial charge is 0.248 e. The molecule has 1 aliphatic heterocycles. The standard InChI is InChI=1S/C11H14N2O/c1-3-7-4-5-8-9(6-7)13-10(14)11(8,2)12/h4-6H,3,12H2,1-2H3,(H,13,14)/t11-/m0/s1. The highest BCUT2D eigenvalue weighted by Crippen LogP contribution is 2.34. The summed E-state index contributed by atoms with van der Waals surface area (Å²) in [6.45, 7) is 3.82. The zero-order valence-electron chi connectivity index (χ0n) is 8.42. The van der Waals surface area contributed by atoms with E-state index >= 15 is 0 Å². The van der Waals surface area contributed by atoms with Crippen LogP contribution in [-0.2, 0) is 16.8 Å². The summed E-state index contributed by atoms with van der Waals surface area (Å²) in [5.74, 6) is -0.124. The molecule has 0 aliphatic carbocycles. The second-order valence-corrected chi connectivity index (χ2v) is 3.89. The summed E-state index contributed by atoms with van der Waals surface area (Å²) < 4.78 is 0. The molecule has 2 rings (SSSR count). The number of aryl methyl sites for hydroxylation is 1. The van der Waals surface area contributed by atoms with Crippen molar-refractivity contribution in [2.24, 2.45) is 5.73 Å². The van der Waals surface area contributed by atoms with Crippen LogP contribution in [0.5, 0.6) is 0 Å². The molecule has 1 aliphatic rings. The maximum Gasteiger partial charge on any atom is 0.248 e. The van der Waals surface area contributed by atoms with Gasteiger partial charge in [0, 0.05) is 11.3 Å². The van der Waals surface area contributed by atoms with E-state index in [1.165, 1.54) is 5.56 Å². The van der Waals surface area contributed by atoms with Gasteiger partial charge in [0.05, 0.1) is 0 Å². The number of hydrogen-bond donors (Lipinski definition) is 2. The van der Waals surface area contributed by atoms with E-state index in [0.717, 1.165) is 17.7 Å². The zero-order chi connectivity index (χ0) is 10.3. The molecule has 74 valence electrons. The van der Waals surface area contributed by atoms with Crippen LogP contribution in [0.25, 0.3) is 0 Å². The van der Waals surface area contributed by atoms with Crippen molar-refractivity contribution in [3.8, 4) is 0 Å². The van der Waals surface area contributed by atoms with Crippen LogP contribution in [0.2, 0.25) is 0 Å². The number of nitrogens with one attached hydrogen (secondary N) is 1. The Labute approximate surface area is 83.3 Å². The molecule has 1 amide bonds. The van der Waals surface area contributed by atoms with E-state index < -0.39 is 5.54 Å². The number of carbonyl (C=O) groups excluding carboxylic acids is 1. The highest BCUT2D eigenvalue weighted by molar-refractivity contribution is 6.05. The first-order valence-corrected chi connectivity index (χ1v) is 4.79. The Kier molecular flexibility index (Phi) is 1.86.